The van der Waals surface area contributed by atoms with Crippen molar-refractivity contribution >= 4 is 11.6 Å². The summed E-state index contributed by atoms with van der Waals surface area (Å²) < 4.78 is 10.9. The molecule has 5 heteroatoms. The number of methoxy groups -OCH3 is 1. The van der Waals surface area contributed by atoms with Crippen LogP contribution in [0.15, 0.2) is 42.5 Å². The Labute approximate surface area is 154 Å². The monoisotopic (exact) mass is 354 g/mol. The lowest BCUT2D eigenvalue weighted by Crippen LogP contribution is -2.41. The van der Waals surface area contributed by atoms with Crippen LogP contribution in [0, 0.1) is 6.92 Å². The highest BCUT2D eigenvalue weighted by atomic mass is 16.5. The number of ether oxygens (including phenoxy) is 2. The molecule has 3 rings (SSSR count). The number of anilines is 1. The Morgan fingerprint density at radius 3 is 2.81 bits per heavy atom. The molecule has 0 atom stereocenters. The number of carbonyl (C=O) groups excluding carboxylic acids is 1. The van der Waals surface area contributed by atoms with E-state index in [1.807, 2.05) is 24.3 Å². The summed E-state index contributed by atoms with van der Waals surface area (Å²) in [7, 11) is 1.61. The number of para-hydroxylation sites is 2. The van der Waals surface area contributed by atoms with E-state index in [1.54, 1.807) is 7.11 Å². The Kier molecular flexibility index (Phi) is 6.00. The molecule has 0 radical (unpaired) electrons. The van der Waals surface area contributed by atoms with Crippen LogP contribution in [0.1, 0.15) is 17.5 Å². The molecule has 0 fully saturated rings. The number of fused-ring (bicyclic) bond motifs is 1. The molecule has 2 aromatic carbocycles. The minimum Gasteiger partial charge on any atom is -0.493 e. The van der Waals surface area contributed by atoms with Crippen LogP contribution in [0.3, 0.4) is 0 Å². The summed E-state index contributed by atoms with van der Waals surface area (Å²) in [5, 5.41) is 2.93. The molecule has 2 aromatic rings. The van der Waals surface area contributed by atoms with Gasteiger partial charge in [-0.1, -0.05) is 29.8 Å². The average molecular weight is 354 g/mol. The number of hydrogen-bond donors (Lipinski definition) is 1. The van der Waals surface area contributed by atoms with Gasteiger partial charge in [0.2, 0.25) is 5.91 Å². The minimum absolute atomic E-state index is 0.0158. The van der Waals surface area contributed by atoms with Gasteiger partial charge in [0, 0.05) is 12.2 Å². The van der Waals surface area contributed by atoms with E-state index in [9.17, 15) is 4.79 Å². The van der Waals surface area contributed by atoms with Gasteiger partial charge in [-0.2, -0.15) is 0 Å². The molecule has 1 N–H and O–H groups in total. The first-order valence-electron chi connectivity index (χ1n) is 9.04. The number of nitrogens with one attached hydrogen (secondary N) is 1. The van der Waals surface area contributed by atoms with Gasteiger partial charge in [0.05, 0.1) is 20.2 Å². The number of amides is 1. The summed E-state index contributed by atoms with van der Waals surface area (Å²) in [5.41, 5.74) is 3.79. The van der Waals surface area contributed by atoms with Gasteiger partial charge in [0.15, 0.2) is 11.5 Å². The van der Waals surface area contributed by atoms with Gasteiger partial charge in [0.1, 0.15) is 6.61 Å². The first-order chi connectivity index (χ1) is 12.7. The second-order valence-electron chi connectivity index (χ2n) is 6.51. The van der Waals surface area contributed by atoms with Crippen LogP contribution in [0.25, 0.3) is 0 Å². The van der Waals surface area contributed by atoms with Crippen LogP contribution in [0.4, 0.5) is 5.69 Å². The molecule has 0 bridgehead atoms. The lowest BCUT2D eigenvalue weighted by molar-refractivity contribution is -0.119. The third-order valence-electron chi connectivity index (χ3n) is 4.54. The van der Waals surface area contributed by atoms with Crippen molar-refractivity contribution in [1.82, 2.24) is 5.32 Å². The quantitative estimate of drug-likeness (QED) is 0.777. The van der Waals surface area contributed by atoms with Crippen molar-refractivity contribution in [2.45, 2.75) is 19.8 Å². The van der Waals surface area contributed by atoms with E-state index in [0.29, 0.717) is 31.2 Å². The van der Waals surface area contributed by atoms with E-state index in [1.165, 1.54) is 16.8 Å². The first kappa shape index (κ1) is 18.1. The maximum atomic E-state index is 12.3. The highest BCUT2D eigenvalue weighted by Crippen LogP contribution is 2.27. The zero-order valence-electron chi connectivity index (χ0n) is 15.5. The van der Waals surface area contributed by atoms with Gasteiger partial charge >= 0.3 is 0 Å². The summed E-state index contributed by atoms with van der Waals surface area (Å²) in [6, 6.07) is 14.0. The van der Waals surface area contributed by atoms with Gasteiger partial charge in [-0.05, 0) is 43.5 Å². The summed E-state index contributed by atoms with van der Waals surface area (Å²) in [6.45, 7) is 4.27. The fourth-order valence-corrected chi connectivity index (χ4v) is 3.29. The van der Waals surface area contributed by atoms with E-state index in [-0.39, 0.29) is 5.91 Å². The highest BCUT2D eigenvalue weighted by molar-refractivity contribution is 5.82. The largest absolute Gasteiger partial charge is 0.493 e. The Balaban J connectivity index is 1.47. The van der Waals surface area contributed by atoms with E-state index in [2.05, 4.69) is 35.3 Å². The maximum absolute atomic E-state index is 12.3. The van der Waals surface area contributed by atoms with Crippen LogP contribution >= 0.6 is 0 Å². The molecule has 0 aromatic heterocycles. The normalized spacial score (nSPS) is 13.1. The number of carbonyl (C=O) groups is 1. The standard InChI is InChI=1S/C21H26N2O3/c1-16-9-10-18-17(14-16)6-5-12-23(18)15-21(24)22-11-13-26-20-8-4-3-7-19(20)25-2/h3-4,7-10,14H,5-6,11-13,15H2,1-2H3,(H,22,24). The maximum Gasteiger partial charge on any atom is 0.239 e. The average Bonchev–Trinajstić information content (AvgIpc) is 2.65. The zero-order valence-corrected chi connectivity index (χ0v) is 15.5. The van der Waals surface area contributed by atoms with Crippen molar-refractivity contribution < 1.29 is 14.3 Å². The molecule has 5 nitrogen and oxygen atoms in total. The number of benzene rings is 2. The summed E-state index contributed by atoms with van der Waals surface area (Å²) in [5.74, 6) is 1.39. The van der Waals surface area contributed by atoms with Crippen molar-refractivity contribution in [1.29, 1.82) is 0 Å². The predicted molar refractivity (Wildman–Crippen MR) is 103 cm³/mol. The van der Waals surface area contributed by atoms with Gasteiger partial charge < -0.3 is 19.7 Å². The summed E-state index contributed by atoms with van der Waals surface area (Å²) >= 11 is 0. The number of aryl methyl sites for hydroxylation is 2. The van der Waals surface area contributed by atoms with Crippen LogP contribution in [0.5, 0.6) is 11.5 Å². The van der Waals surface area contributed by atoms with Crippen LogP contribution in [0.2, 0.25) is 0 Å². The second kappa shape index (κ2) is 8.61. The molecule has 138 valence electrons. The van der Waals surface area contributed by atoms with Gasteiger partial charge in [-0.25, -0.2) is 0 Å². The van der Waals surface area contributed by atoms with Crippen molar-refractivity contribution in [2.24, 2.45) is 0 Å². The van der Waals surface area contributed by atoms with E-state index >= 15 is 0 Å². The van der Waals surface area contributed by atoms with Crippen molar-refractivity contribution in [3.63, 3.8) is 0 Å². The SMILES string of the molecule is COc1ccccc1OCCNC(=O)CN1CCCc2cc(C)ccc21. The zero-order chi connectivity index (χ0) is 18.4. The molecule has 0 unspecified atom stereocenters. The highest BCUT2D eigenvalue weighted by Gasteiger charge is 2.18. The summed E-state index contributed by atoms with van der Waals surface area (Å²) in [4.78, 5) is 14.5. The second-order valence-corrected chi connectivity index (χ2v) is 6.51. The van der Waals surface area contributed by atoms with Gasteiger partial charge in [-0.15, -0.1) is 0 Å². The molecule has 0 saturated carbocycles. The van der Waals surface area contributed by atoms with Crippen LogP contribution in [-0.2, 0) is 11.2 Å². The Hall–Kier alpha value is -2.69. The van der Waals surface area contributed by atoms with E-state index in [4.69, 9.17) is 9.47 Å². The molecule has 1 aliphatic rings. The van der Waals surface area contributed by atoms with Crippen LogP contribution in [-0.4, -0.2) is 39.3 Å². The Bertz CT molecular complexity index is 761. The van der Waals surface area contributed by atoms with Gasteiger partial charge in [-0.3, -0.25) is 4.79 Å². The third kappa shape index (κ3) is 4.48. The molecule has 1 aliphatic heterocycles. The smallest absolute Gasteiger partial charge is 0.239 e. The fraction of sp³-hybridized carbons (Fsp3) is 0.381. The van der Waals surface area contributed by atoms with Crippen molar-refractivity contribution in [3.8, 4) is 11.5 Å². The fourth-order valence-electron chi connectivity index (χ4n) is 3.29. The number of nitrogens with zero attached hydrogens (tertiary/aromatic N) is 1. The van der Waals surface area contributed by atoms with Crippen molar-refractivity contribution in [2.75, 3.05) is 38.3 Å². The topological polar surface area (TPSA) is 50.8 Å². The molecular weight excluding hydrogens is 328 g/mol. The number of hydrogen-bond acceptors (Lipinski definition) is 4. The van der Waals surface area contributed by atoms with Crippen molar-refractivity contribution in [3.05, 3.63) is 53.6 Å². The lowest BCUT2D eigenvalue weighted by atomic mass is 9.99. The first-order valence-corrected chi connectivity index (χ1v) is 9.04. The Morgan fingerprint density at radius 1 is 1.19 bits per heavy atom. The van der Waals surface area contributed by atoms with Gasteiger partial charge in [0.25, 0.3) is 0 Å². The lowest BCUT2D eigenvalue weighted by Gasteiger charge is -2.31. The minimum atomic E-state index is 0.0158. The molecule has 1 heterocycles. The molecule has 0 saturated heterocycles. The predicted octanol–water partition coefficient (Wildman–Crippen LogP) is 2.95. The third-order valence-corrected chi connectivity index (χ3v) is 4.54. The molecule has 26 heavy (non-hydrogen) atoms. The molecule has 0 aliphatic carbocycles. The summed E-state index contributed by atoms with van der Waals surface area (Å²) in [6.07, 6.45) is 2.17. The van der Waals surface area contributed by atoms with Crippen LogP contribution < -0.4 is 19.7 Å². The molecule has 1 amide bonds. The van der Waals surface area contributed by atoms with E-state index < -0.39 is 0 Å². The number of rotatable bonds is 7. The molecule has 0 spiro atoms. The Morgan fingerprint density at radius 2 is 2.00 bits per heavy atom. The van der Waals surface area contributed by atoms with E-state index in [0.717, 1.165) is 19.4 Å². The molecular formula is C21H26N2O3.